The van der Waals surface area contributed by atoms with Crippen molar-refractivity contribution in [3.63, 3.8) is 0 Å². The normalized spacial score (nSPS) is 25.6. The lowest BCUT2D eigenvalue weighted by atomic mass is 9.94. The minimum Gasteiger partial charge on any atom is -0.366 e. The van der Waals surface area contributed by atoms with E-state index in [4.69, 9.17) is 5.73 Å². The van der Waals surface area contributed by atoms with Gasteiger partial charge in [-0.3, -0.25) is 9.59 Å². The molecule has 2 unspecified atom stereocenters. The summed E-state index contributed by atoms with van der Waals surface area (Å²) in [6.07, 6.45) is 2.05. The van der Waals surface area contributed by atoms with Gasteiger partial charge in [-0.1, -0.05) is 12.1 Å². The molecule has 0 aromatic heterocycles. The van der Waals surface area contributed by atoms with Crippen LogP contribution in [0, 0.1) is 5.92 Å². The first-order valence-corrected chi connectivity index (χ1v) is 7.06. The van der Waals surface area contributed by atoms with Crippen molar-refractivity contribution in [2.45, 2.75) is 25.4 Å². The van der Waals surface area contributed by atoms with Crippen molar-refractivity contribution in [3.8, 4) is 0 Å². The Kier molecular flexibility index (Phi) is 3.44. The molecule has 2 atom stereocenters. The van der Waals surface area contributed by atoms with Gasteiger partial charge < -0.3 is 16.0 Å². The maximum Gasteiger partial charge on any atom is 0.248 e. The van der Waals surface area contributed by atoms with E-state index in [2.05, 4.69) is 5.32 Å². The molecule has 0 bridgehead atoms. The van der Waals surface area contributed by atoms with Crippen LogP contribution in [0.15, 0.2) is 24.3 Å². The molecule has 2 aliphatic rings. The predicted molar refractivity (Wildman–Crippen MR) is 74.9 cm³/mol. The average Bonchev–Trinajstić information content (AvgIpc) is 2.76. The molecule has 3 rings (SSSR count). The fraction of sp³-hybridized carbons (Fsp3) is 0.467. The number of carbonyl (C=O) groups excluding carboxylic acids is 2. The van der Waals surface area contributed by atoms with E-state index >= 15 is 0 Å². The molecule has 1 aromatic carbocycles. The Balaban J connectivity index is 1.73. The highest BCUT2D eigenvalue weighted by Crippen LogP contribution is 2.27. The molecule has 2 amide bonds. The molecule has 20 heavy (non-hydrogen) atoms. The molecule has 0 saturated carbocycles. The Labute approximate surface area is 118 Å². The van der Waals surface area contributed by atoms with E-state index in [1.807, 2.05) is 11.0 Å². The number of hydrogen-bond acceptors (Lipinski definition) is 3. The van der Waals surface area contributed by atoms with Gasteiger partial charge >= 0.3 is 0 Å². The van der Waals surface area contributed by atoms with Crippen molar-refractivity contribution in [1.29, 1.82) is 0 Å². The van der Waals surface area contributed by atoms with Crippen molar-refractivity contribution < 1.29 is 9.59 Å². The number of nitrogens with two attached hydrogens (primary N) is 1. The Morgan fingerprint density at radius 3 is 3.05 bits per heavy atom. The van der Waals surface area contributed by atoms with Gasteiger partial charge in [0.25, 0.3) is 0 Å². The van der Waals surface area contributed by atoms with Crippen LogP contribution in [0.2, 0.25) is 0 Å². The van der Waals surface area contributed by atoms with Crippen LogP contribution in [0.4, 0.5) is 0 Å². The van der Waals surface area contributed by atoms with E-state index in [0.717, 1.165) is 31.5 Å². The van der Waals surface area contributed by atoms with E-state index in [1.54, 1.807) is 18.2 Å². The van der Waals surface area contributed by atoms with Gasteiger partial charge in [-0.2, -0.15) is 0 Å². The molecule has 2 aliphatic heterocycles. The van der Waals surface area contributed by atoms with Gasteiger partial charge in [0.2, 0.25) is 11.8 Å². The molecule has 5 nitrogen and oxygen atoms in total. The largest absolute Gasteiger partial charge is 0.366 e. The van der Waals surface area contributed by atoms with Crippen molar-refractivity contribution in [2.24, 2.45) is 11.7 Å². The highest BCUT2D eigenvalue weighted by Gasteiger charge is 2.41. The molecular formula is C15H19N3O2. The van der Waals surface area contributed by atoms with Crippen molar-refractivity contribution in [3.05, 3.63) is 35.4 Å². The zero-order chi connectivity index (χ0) is 14.1. The van der Waals surface area contributed by atoms with Crippen molar-refractivity contribution in [1.82, 2.24) is 10.2 Å². The van der Waals surface area contributed by atoms with Crippen LogP contribution < -0.4 is 11.1 Å². The number of hydrogen-bond donors (Lipinski definition) is 2. The third-order valence-electron chi connectivity index (χ3n) is 4.22. The number of nitrogens with one attached hydrogen (secondary N) is 1. The summed E-state index contributed by atoms with van der Waals surface area (Å²) < 4.78 is 0. The molecule has 5 heteroatoms. The molecular weight excluding hydrogens is 254 g/mol. The highest BCUT2D eigenvalue weighted by molar-refractivity contribution is 5.92. The Morgan fingerprint density at radius 2 is 2.30 bits per heavy atom. The van der Waals surface area contributed by atoms with E-state index in [0.29, 0.717) is 12.1 Å². The first-order chi connectivity index (χ1) is 9.65. The smallest absolute Gasteiger partial charge is 0.248 e. The summed E-state index contributed by atoms with van der Waals surface area (Å²) in [6.45, 7) is 2.30. The molecule has 0 spiro atoms. The number of benzene rings is 1. The molecule has 2 fully saturated rings. The molecule has 0 radical (unpaired) electrons. The zero-order valence-corrected chi connectivity index (χ0v) is 11.3. The topological polar surface area (TPSA) is 75.4 Å². The number of piperidine rings is 1. The molecule has 2 saturated heterocycles. The maximum absolute atomic E-state index is 12.4. The summed E-state index contributed by atoms with van der Waals surface area (Å²) in [5.74, 6) is -0.0790. The fourth-order valence-electron chi connectivity index (χ4n) is 3.19. The molecule has 106 valence electrons. The third-order valence-corrected chi connectivity index (χ3v) is 4.22. The minimum atomic E-state index is -0.435. The third kappa shape index (κ3) is 2.41. The number of likely N-dealkylation sites (tertiary alicyclic amines) is 1. The van der Waals surface area contributed by atoms with Crippen LogP contribution in [-0.4, -0.2) is 35.8 Å². The monoisotopic (exact) mass is 273 g/mol. The second-order valence-corrected chi connectivity index (χ2v) is 5.59. The van der Waals surface area contributed by atoms with Crippen molar-refractivity contribution >= 4 is 11.8 Å². The van der Waals surface area contributed by atoms with Crippen LogP contribution in [0.1, 0.15) is 28.8 Å². The summed E-state index contributed by atoms with van der Waals surface area (Å²) in [7, 11) is 0. The second kappa shape index (κ2) is 5.25. The van der Waals surface area contributed by atoms with Gasteiger partial charge in [0.05, 0.1) is 5.92 Å². The van der Waals surface area contributed by atoms with Crippen LogP contribution in [0.3, 0.4) is 0 Å². The standard InChI is InChI=1S/C15H19N3O2/c16-14(19)11-4-1-3-10(7-11)8-18-9-13-12(15(18)20)5-2-6-17-13/h1,3-4,7,12-13,17H,2,5-6,8-9H2,(H2,16,19). The Bertz CT molecular complexity index is 544. The number of primary amides is 1. The van der Waals surface area contributed by atoms with E-state index in [-0.39, 0.29) is 17.9 Å². The summed E-state index contributed by atoms with van der Waals surface area (Å²) >= 11 is 0. The van der Waals surface area contributed by atoms with Crippen molar-refractivity contribution in [2.75, 3.05) is 13.1 Å². The molecule has 2 heterocycles. The number of fused-ring (bicyclic) bond motifs is 1. The van der Waals surface area contributed by atoms with Gasteiger partial charge in [0.1, 0.15) is 0 Å². The Hall–Kier alpha value is -1.88. The Morgan fingerprint density at radius 1 is 1.45 bits per heavy atom. The van der Waals surface area contributed by atoms with Crippen LogP contribution in [0.5, 0.6) is 0 Å². The second-order valence-electron chi connectivity index (χ2n) is 5.59. The summed E-state index contributed by atoms with van der Waals surface area (Å²) in [4.78, 5) is 25.4. The van der Waals surface area contributed by atoms with E-state index < -0.39 is 5.91 Å². The number of rotatable bonds is 3. The summed E-state index contributed by atoms with van der Waals surface area (Å²) in [5.41, 5.74) is 6.73. The van der Waals surface area contributed by atoms with Gasteiger partial charge in [-0.25, -0.2) is 0 Å². The van der Waals surface area contributed by atoms with Gasteiger partial charge in [0.15, 0.2) is 0 Å². The van der Waals surface area contributed by atoms with Gasteiger partial charge in [-0.05, 0) is 37.1 Å². The van der Waals surface area contributed by atoms with Gasteiger partial charge in [-0.15, -0.1) is 0 Å². The van der Waals surface area contributed by atoms with Gasteiger partial charge in [0, 0.05) is 24.7 Å². The van der Waals surface area contributed by atoms with Crippen LogP contribution in [-0.2, 0) is 11.3 Å². The first kappa shape index (κ1) is 13.1. The molecule has 3 N–H and O–H groups in total. The summed E-state index contributed by atoms with van der Waals surface area (Å²) in [5, 5.41) is 3.42. The number of nitrogens with zero attached hydrogens (tertiary/aromatic N) is 1. The minimum absolute atomic E-state index is 0.128. The van der Waals surface area contributed by atoms with E-state index in [1.165, 1.54) is 0 Å². The maximum atomic E-state index is 12.4. The number of carbonyl (C=O) groups is 2. The lowest BCUT2D eigenvalue weighted by molar-refractivity contribution is -0.131. The summed E-state index contributed by atoms with van der Waals surface area (Å²) in [6, 6.07) is 7.48. The quantitative estimate of drug-likeness (QED) is 0.842. The lowest BCUT2D eigenvalue weighted by Gasteiger charge is -2.23. The van der Waals surface area contributed by atoms with Crippen LogP contribution >= 0.6 is 0 Å². The average molecular weight is 273 g/mol. The fourth-order valence-corrected chi connectivity index (χ4v) is 3.19. The van der Waals surface area contributed by atoms with E-state index in [9.17, 15) is 9.59 Å². The van der Waals surface area contributed by atoms with Crippen LogP contribution in [0.25, 0.3) is 0 Å². The number of amides is 2. The lowest BCUT2D eigenvalue weighted by Crippen LogP contribution is -2.41. The predicted octanol–water partition coefficient (Wildman–Crippen LogP) is 0.496. The molecule has 1 aromatic rings. The first-order valence-electron chi connectivity index (χ1n) is 7.06. The SMILES string of the molecule is NC(=O)c1cccc(CN2CC3NCCCC3C2=O)c1. The molecule has 0 aliphatic carbocycles. The zero-order valence-electron chi connectivity index (χ0n) is 11.3. The highest BCUT2D eigenvalue weighted by atomic mass is 16.2.